The van der Waals surface area contributed by atoms with Crippen LogP contribution in [-0.4, -0.2) is 15.3 Å². The Balaban J connectivity index is 1.82. The number of hydrogen-bond acceptors (Lipinski definition) is 5. The van der Waals surface area contributed by atoms with Crippen LogP contribution in [0, 0.1) is 0 Å². The number of fused-ring (bicyclic) bond motifs is 1. The zero-order chi connectivity index (χ0) is 15.6. The molecule has 5 heteroatoms. The van der Waals surface area contributed by atoms with Crippen LogP contribution in [0.2, 0.25) is 0 Å². The molecule has 0 amide bonds. The monoisotopic (exact) mass is 319 g/mol. The Morgan fingerprint density at radius 1 is 0.826 bits per heavy atom. The standard InChI is InChI=1S/C18H13N3OS/c22-13-9-7-12(8-10-13)19-18-15-5-2-1-4-14(15)17(20-21-18)16-6-3-11-23-16/h1-11,22H,(H,19,21). The summed E-state index contributed by atoms with van der Waals surface area (Å²) < 4.78 is 0. The van der Waals surface area contributed by atoms with Gasteiger partial charge in [0.05, 0.1) is 4.88 Å². The van der Waals surface area contributed by atoms with Crippen molar-refractivity contribution < 1.29 is 5.11 Å². The van der Waals surface area contributed by atoms with Gasteiger partial charge in [0.15, 0.2) is 5.82 Å². The fourth-order valence-corrected chi connectivity index (χ4v) is 3.20. The largest absolute Gasteiger partial charge is 0.508 e. The Labute approximate surface area is 137 Å². The van der Waals surface area contributed by atoms with Gasteiger partial charge in [0.25, 0.3) is 0 Å². The van der Waals surface area contributed by atoms with Crippen molar-refractivity contribution in [3.05, 3.63) is 66.0 Å². The van der Waals surface area contributed by atoms with E-state index in [0.29, 0.717) is 5.82 Å². The minimum absolute atomic E-state index is 0.236. The van der Waals surface area contributed by atoms with Crippen molar-refractivity contribution in [3.8, 4) is 16.3 Å². The highest BCUT2D eigenvalue weighted by Gasteiger charge is 2.11. The van der Waals surface area contributed by atoms with Crippen molar-refractivity contribution in [2.45, 2.75) is 0 Å². The minimum Gasteiger partial charge on any atom is -0.508 e. The van der Waals surface area contributed by atoms with E-state index in [1.165, 1.54) is 0 Å². The fraction of sp³-hybridized carbons (Fsp3) is 0. The van der Waals surface area contributed by atoms with E-state index < -0.39 is 0 Å². The van der Waals surface area contributed by atoms with Crippen molar-refractivity contribution >= 4 is 33.6 Å². The predicted molar refractivity (Wildman–Crippen MR) is 94.2 cm³/mol. The lowest BCUT2D eigenvalue weighted by atomic mass is 10.1. The molecule has 0 radical (unpaired) electrons. The minimum atomic E-state index is 0.236. The van der Waals surface area contributed by atoms with Gasteiger partial charge in [-0.2, -0.15) is 0 Å². The average molecular weight is 319 g/mol. The third kappa shape index (κ3) is 2.62. The number of aromatic nitrogens is 2. The molecule has 0 saturated heterocycles. The molecule has 2 aromatic heterocycles. The van der Waals surface area contributed by atoms with Crippen LogP contribution in [0.1, 0.15) is 0 Å². The lowest BCUT2D eigenvalue weighted by molar-refractivity contribution is 0.475. The van der Waals surface area contributed by atoms with Gasteiger partial charge in [0.2, 0.25) is 0 Å². The van der Waals surface area contributed by atoms with Crippen LogP contribution in [0.4, 0.5) is 11.5 Å². The molecule has 4 nitrogen and oxygen atoms in total. The summed E-state index contributed by atoms with van der Waals surface area (Å²) in [6.45, 7) is 0. The summed E-state index contributed by atoms with van der Waals surface area (Å²) in [6, 6.07) is 19.0. The first-order chi connectivity index (χ1) is 11.3. The number of nitrogens with one attached hydrogen (secondary N) is 1. The first kappa shape index (κ1) is 13.7. The van der Waals surface area contributed by atoms with Crippen molar-refractivity contribution in [2.24, 2.45) is 0 Å². The van der Waals surface area contributed by atoms with Crippen molar-refractivity contribution in [3.63, 3.8) is 0 Å². The number of rotatable bonds is 3. The molecule has 23 heavy (non-hydrogen) atoms. The number of phenolic OH excluding ortho intramolecular Hbond substituents is 1. The SMILES string of the molecule is Oc1ccc(Nc2nnc(-c3cccs3)c3ccccc23)cc1. The zero-order valence-corrected chi connectivity index (χ0v) is 12.9. The molecule has 2 heterocycles. The average Bonchev–Trinajstić information content (AvgIpc) is 3.11. The summed E-state index contributed by atoms with van der Waals surface area (Å²) in [5.41, 5.74) is 1.75. The topological polar surface area (TPSA) is 58.0 Å². The molecule has 0 aliphatic rings. The second-order valence-corrected chi connectivity index (χ2v) is 6.04. The number of benzene rings is 2. The molecule has 2 aromatic carbocycles. The first-order valence-corrected chi connectivity index (χ1v) is 8.04. The van der Waals surface area contributed by atoms with Crippen LogP contribution in [0.3, 0.4) is 0 Å². The molecular weight excluding hydrogens is 306 g/mol. The van der Waals surface area contributed by atoms with Crippen LogP contribution in [0.25, 0.3) is 21.3 Å². The van der Waals surface area contributed by atoms with Gasteiger partial charge in [-0.05, 0) is 35.7 Å². The van der Waals surface area contributed by atoms with Gasteiger partial charge in [-0.25, -0.2) is 0 Å². The van der Waals surface area contributed by atoms with Gasteiger partial charge in [-0.3, -0.25) is 0 Å². The molecule has 2 N–H and O–H groups in total. The van der Waals surface area contributed by atoms with Gasteiger partial charge >= 0.3 is 0 Å². The number of anilines is 2. The highest BCUT2D eigenvalue weighted by atomic mass is 32.1. The number of hydrogen-bond donors (Lipinski definition) is 2. The normalized spacial score (nSPS) is 10.8. The number of aromatic hydroxyl groups is 1. The molecule has 0 aliphatic heterocycles. The van der Waals surface area contributed by atoms with Gasteiger partial charge < -0.3 is 10.4 Å². The predicted octanol–water partition coefficient (Wildman–Crippen LogP) is 4.81. The Morgan fingerprint density at radius 3 is 2.35 bits per heavy atom. The van der Waals surface area contributed by atoms with E-state index >= 15 is 0 Å². The third-order valence-electron chi connectivity index (χ3n) is 3.57. The molecule has 112 valence electrons. The summed E-state index contributed by atoms with van der Waals surface area (Å²) in [4.78, 5) is 1.10. The fourth-order valence-electron chi connectivity index (χ4n) is 2.47. The van der Waals surface area contributed by atoms with E-state index in [1.807, 2.05) is 35.7 Å². The van der Waals surface area contributed by atoms with E-state index in [9.17, 15) is 5.11 Å². The van der Waals surface area contributed by atoms with Crippen molar-refractivity contribution in [2.75, 3.05) is 5.32 Å². The smallest absolute Gasteiger partial charge is 0.161 e. The highest BCUT2D eigenvalue weighted by Crippen LogP contribution is 2.33. The molecule has 0 atom stereocenters. The first-order valence-electron chi connectivity index (χ1n) is 7.16. The molecule has 0 bridgehead atoms. The van der Waals surface area contributed by atoms with Gasteiger partial charge in [0, 0.05) is 16.5 Å². The van der Waals surface area contributed by atoms with E-state index in [2.05, 4.69) is 21.6 Å². The van der Waals surface area contributed by atoms with E-state index in [0.717, 1.165) is 27.0 Å². The maximum atomic E-state index is 9.38. The summed E-state index contributed by atoms with van der Waals surface area (Å²) in [6.07, 6.45) is 0. The number of nitrogens with zero attached hydrogens (tertiary/aromatic N) is 2. The van der Waals surface area contributed by atoms with Gasteiger partial charge in [-0.1, -0.05) is 30.3 Å². The number of phenols is 1. The second kappa shape index (κ2) is 5.70. The van der Waals surface area contributed by atoms with Crippen molar-refractivity contribution in [1.29, 1.82) is 0 Å². The molecular formula is C18H13N3OS. The van der Waals surface area contributed by atoms with Crippen LogP contribution in [0.15, 0.2) is 66.0 Å². The number of thiophene rings is 1. The van der Waals surface area contributed by atoms with Crippen LogP contribution >= 0.6 is 11.3 Å². The summed E-state index contributed by atoms with van der Waals surface area (Å²) in [5.74, 6) is 0.936. The van der Waals surface area contributed by atoms with E-state index in [1.54, 1.807) is 35.6 Å². The zero-order valence-electron chi connectivity index (χ0n) is 12.1. The highest BCUT2D eigenvalue weighted by molar-refractivity contribution is 7.13. The third-order valence-corrected chi connectivity index (χ3v) is 4.45. The maximum absolute atomic E-state index is 9.38. The Morgan fingerprint density at radius 2 is 1.61 bits per heavy atom. The lowest BCUT2D eigenvalue weighted by Crippen LogP contribution is -1.98. The molecule has 4 rings (SSSR count). The van der Waals surface area contributed by atoms with Crippen LogP contribution in [-0.2, 0) is 0 Å². The van der Waals surface area contributed by atoms with Crippen LogP contribution in [0.5, 0.6) is 5.75 Å². The Bertz CT molecular complexity index is 950. The summed E-state index contributed by atoms with van der Waals surface area (Å²) in [7, 11) is 0. The quantitative estimate of drug-likeness (QED) is 0.532. The Hall–Kier alpha value is -2.92. The molecule has 4 aromatic rings. The molecule has 0 unspecified atom stereocenters. The van der Waals surface area contributed by atoms with Crippen LogP contribution < -0.4 is 5.32 Å². The molecule has 0 spiro atoms. The Kier molecular flexibility index (Phi) is 3.40. The maximum Gasteiger partial charge on any atom is 0.161 e. The summed E-state index contributed by atoms with van der Waals surface area (Å²) in [5, 5.41) is 25.5. The van der Waals surface area contributed by atoms with Crippen molar-refractivity contribution in [1.82, 2.24) is 10.2 Å². The lowest BCUT2D eigenvalue weighted by Gasteiger charge is -2.10. The van der Waals surface area contributed by atoms with Gasteiger partial charge in [0.1, 0.15) is 11.4 Å². The second-order valence-electron chi connectivity index (χ2n) is 5.09. The summed E-state index contributed by atoms with van der Waals surface area (Å²) >= 11 is 1.65. The molecule has 0 saturated carbocycles. The molecule has 0 fully saturated rings. The van der Waals surface area contributed by atoms with E-state index in [4.69, 9.17) is 0 Å². The van der Waals surface area contributed by atoms with Gasteiger partial charge in [-0.15, -0.1) is 21.5 Å². The molecule has 0 aliphatic carbocycles. The van der Waals surface area contributed by atoms with E-state index in [-0.39, 0.29) is 5.75 Å².